The zero-order valence-electron chi connectivity index (χ0n) is 18.8. The number of aliphatic carboxylic acids is 1. The molecule has 3 aromatic heterocycles. The molecule has 1 unspecified atom stereocenters. The van der Waals surface area contributed by atoms with Gasteiger partial charge in [0.2, 0.25) is 0 Å². The first-order valence-corrected chi connectivity index (χ1v) is 11.2. The normalized spacial score (nSPS) is 12.3. The maximum absolute atomic E-state index is 14.0. The zero-order chi connectivity index (χ0) is 26.0. The summed E-state index contributed by atoms with van der Waals surface area (Å²) in [6, 6.07) is 10.7. The minimum atomic E-state index is -5.08. The van der Waals surface area contributed by atoms with Crippen molar-refractivity contribution in [3.8, 4) is 11.1 Å². The quantitative estimate of drug-likeness (QED) is 0.254. The van der Waals surface area contributed by atoms with Crippen LogP contribution in [0.5, 0.6) is 0 Å². The Morgan fingerprint density at radius 1 is 1.17 bits per heavy atom. The Morgan fingerprint density at radius 2 is 1.92 bits per heavy atom. The van der Waals surface area contributed by atoms with E-state index in [1.54, 1.807) is 29.8 Å². The van der Waals surface area contributed by atoms with Gasteiger partial charge < -0.3 is 15.4 Å². The lowest BCUT2D eigenvalue weighted by molar-refractivity contribution is -0.192. The molecular weight excluding hydrogens is 500 g/mol. The molecular formula is C23H18F4N6O2S. The number of H-pyrrole nitrogens is 1. The highest BCUT2D eigenvalue weighted by Crippen LogP contribution is 2.38. The number of carbonyl (C=O) groups is 1. The molecule has 1 atom stereocenters. The number of hydrogen-bond acceptors (Lipinski definition) is 7. The highest BCUT2D eigenvalue weighted by molar-refractivity contribution is 7.18. The second-order valence-electron chi connectivity index (χ2n) is 7.61. The van der Waals surface area contributed by atoms with Gasteiger partial charge in [-0.05, 0) is 43.2 Å². The van der Waals surface area contributed by atoms with Gasteiger partial charge in [0, 0.05) is 5.56 Å². The number of carboxylic acid groups (broad SMARTS) is 1. The molecule has 3 heterocycles. The molecule has 0 aliphatic rings. The Balaban J connectivity index is 0.000000384. The van der Waals surface area contributed by atoms with Crippen molar-refractivity contribution < 1.29 is 27.5 Å². The summed E-state index contributed by atoms with van der Waals surface area (Å²) in [7, 11) is 0. The number of benzene rings is 2. The summed E-state index contributed by atoms with van der Waals surface area (Å²) in [6.07, 6.45) is -2.00. The highest BCUT2D eigenvalue weighted by atomic mass is 32.1. The van der Waals surface area contributed by atoms with Gasteiger partial charge in [0.05, 0.1) is 27.6 Å². The van der Waals surface area contributed by atoms with E-state index in [9.17, 15) is 17.6 Å². The molecule has 0 amide bonds. The fourth-order valence-electron chi connectivity index (χ4n) is 3.59. The topological polar surface area (TPSA) is 117 Å². The summed E-state index contributed by atoms with van der Waals surface area (Å²) in [6.45, 7) is 4.03. The summed E-state index contributed by atoms with van der Waals surface area (Å²) in [4.78, 5) is 29.4. The van der Waals surface area contributed by atoms with E-state index in [1.807, 2.05) is 19.9 Å². The number of fused-ring (bicyclic) bond motifs is 2. The van der Waals surface area contributed by atoms with Crippen LogP contribution in [0.15, 0.2) is 49.1 Å². The molecule has 0 aliphatic carbocycles. The Kier molecular flexibility index (Phi) is 6.84. The van der Waals surface area contributed by atoms with Crippen molar-refractivity contribution in [3.05, 3.63) is 65.4 Å². The molecule has 13 heteroatoms. The van der Waals surface area contributed by atoms with Gasteiger partial charge in [0.15, 0.2) is 11.5 Å². The fraction of sp³-hybridized carbons (Fsp3) is 0.174. The number of imidazole rings is 1. The number of hydrogen-bond donors (Lipinski definition) is 3. The van der Waals surface area contributed by atoms with E-state index in [1.165, 1.54) is 12.4 Å². The van der Waals surface area contributed by atoms with Crippen LogP contribution in [0.25, 0.3) is 32.5 Å². The van der Waals surface area contributed by atoms with Gasteiger partial charge in [-0.1, -0.05) is 18.2 Å². The first-order valence-electron chi connectivity index (χ1n) is 10.4. The lowest BCUT2D eigenvalue weighted by Gasteiger charge is -2.19. The van der Waals surface area contributed by atoms with Crippen molar-refractivity contribution in [1.29, 1.82) is 0 Å². The van der Waals surface area contributed by atoms with E-state index in [4.69, 9.17) is 14.9 Å². The number of nitrogens with zero attached hydrogens (tertiary/aromatic N) is 4. The predicted molar refractivity (Wildman–Crippen MR) is 127 cm³/mol. The minimum absolute atomic E-state index is 0.110. The summed E-state index contributed by atoms with van der Waals surface area (Å²) >= 11 is 1.63. The number of aryl methyl sites for hydroxylation is 1. The molecule has 2 aromatic carbocycles. The van der Waals surface area contributed by atoms with Gasteiger partial charge in [-0.15, -0.1) is 11.3 Å². The van der Waals surface area contributed by atoms with Crippen molar-refractivity contribution in [2.45, 2.75) is 26.1 Å². The second kappa shape index (κ2) is 9.85. The molecule has 5 rings (SSSR count). The number of aromatic nitrogens is 5. The zero-order valence-corrected chi connectivity index (χ0v) is 19.6. The van der Waals surface area contributed by atoms with E-state index >= 15 is 0 Å². The first kappa shape index (κ1) is 25.0. The molecule has 0 saturated carbocycles. The molecule has 0 fully saturated rings. The van der Waals surface area contributed by atoms with Gasteiger partial charge in [-0.25, -0.2) is 29.1 Å². The molecule has 0 aliphatic heterocycles. The van der Waals surface area contributed by atoms with Crippen molar-refractivity contribution >= 4 is 44.5 Å². The second-order valence-corrected chi connectivity index (χ2v) is 8.85. The Morgan fingerprint density at radius 3 is 2.61 bits per heavy atom. The van der Waals surface area contributed by atoms with Crippen LogP contribution in [0.1, 0.15) is 23.5 Å². The van der Waals surface area contributed by atoms with E-state index in [-0.39, 0.29) is 11.9 Å². The summed E-state index contributed by atoms with van der Waals surface area (Å²) in [5, 5.41) is 11.5. The van der Waals surface area contributed by atoms with Crippen molar-refractivity contribution in [1.82, 2.24) is 24.9 Å². The van der Waals surface area contributed by atoms with Crippen molar-refractivity contribution in [2.24, 2.45) is 0 Å². The molecule has 3 N–H and O–H groups in total. The Hall–Kier alpha value is -4.13. The van der Waals surface area contributed by atoms with E-state index in [0.717, 1.165) is 37.4 Å². The average Bonchev–Trinajstić information content (AvgIpc) is 3.44. The highest BCUT2D eigenvalue weighted by Gasteiger charge is 2.38. The molecule has 5 aromatic rings. The lowest BCUT2D eigenvalue weighted by atomic mass is 9.94. The number of anilines is 1. The Labute approximate surface area is 205 Å². The number of thiazole rings is 1. The van der Waals surface area contributed by atoms with E-state index < -0.39 is 12.1 Å². The van der Waals surface area contributed by atoms with Crippen molar-refractivity contribution in [2.75, 3.05) is 5.32 Å². The molecule has 8 nitrogen and oxygen atoms in total. The molecule has 186 valence electrons. The number of nitrogens with one attached hydrogen (secondary N) is 2. The maximum atomic E-state index is 14.0. The molecule has 0 bridgehead atoms. The van der Waals surface area contributed by atoms with Gasteiger partial charge in [0.25, 0.3) is 0 Å². The molecule has 0 radical (unpaired) electrons. The summed E-state index contributed by atoms with van der Waals surface area (Å²) in [5.74, 6) is -2.36. The van der Waals surface area contributed by atoms with Gasteiger partial charge in [-0.2, -0.15) is 13.2 Å². The van der Waals surface area contributed by atoms with Crippen molar-refractivity contribution in [3.63, 3.8) is 0 Å². The monoisotopic (exact) mass is 518 g/mol. The smallest absolute Gasteiger partial charge is 0.475 e. The van der Waals surface area contributed by atoms with Gasteiger partial charge >= 0.3 is 12.1 Å². The van der Waals surface area contributed by atoms with Gasteiger partial charge in [0.1, 0.15) is 17.7 Å². The van der Waals surface area contributed by atoms with E-state index in [2.05, 4.69) is 37.4 Å². The molecule has 0 spiro atoms. The summed E-state index contributed by atoms with van der Waals surface area (Å²) < 4.78 is 46.8. The Bertz CT molecular complexity index is 1550. The fourth-order valence-corrected chi connectivity index (χ4v) is 4.42. The van der Waals surface area contributed by atoms with Crippen LogP contribution in [-0.2, 0) is 4.79 Å². The van der Waals surface area contributed by atoms with Crippen LogP contribution in [0.2, 0.25) is 0 Å². The number of aromatic amines is 1. The van der Waals surface area contributed by atoms with Crippen LogP contribution in [-0.4, -0.2) is 42.2 Å². The third-order valence-corrected chi connectivity index (χ3v) is 6.03. The van der Waals surface area contributed by atoms with Gasteiger partial charge in [-0.3, -0.25) is 0 Å². The standard InChI is InChI=1S/C21H17FN6S.C2HF3O2/c1-11(27-21-19-20(24-9-23-19)25-10-26-21)15-6-7-16-18(28-12(2)29-16)17(15)13-4-3-5-14(22)8-13;3-2(4,5)1(6)7/h3-11H,1-2H3,(H2,23,24,25,26,27);(H,6,7). The van der Waals surface area contributed by atoms with Crippen LogP contribution in [0.4, 0.5) is 23.4 Å². The molecule has 0 saturated heterocycles. The number of alkyl halides is 3. The van der Waals surface area contributed by atoms with Crippen LogP contribution in [0.3, 0.4) is 0 Å². The number of halogens is 4. The summed E-state index contributed by atoms with van der Waals surface area (Å²) in [5.41, 5.74) is 4.99. The maximum Gasteiger partial charge on any atom is 0.490 e. The third kappa shape index (κ3) is 5.25. The predicted octanol–water partition coefficient (Wildman–Crippen LogP) is 5.88. The largest absolute Gasteiger partial charge is 0.490 e. The first-order chi connectivity index (χ1) is 17.0. The van der Waals surface area contributed by atoms with Crippen LogP contribution in [0, 0.1) is 12.7 Å². The minimum Gasteiger partial charge on any atom is -0.475 e. The number of carboxylic acids is 1. The third-order valence-electron chi connectivity index (χ3n) is 5.10. The van der Waals surface area contributed by atoms with Crippen LogP contribution >= 0.6 is 11.3 Å². The van der Waals surface area contributed by atoms with E-state index in [0.29, 0.717) is 11.5 Å². The SMILES string of the molecule is Cc1nc2c(-c3cccc(F)c3)c(C(C)Nc3ncnc4nc[nH]c34)ccc2s1.O=C(O)C(F)(F)F. The molecule has 36 heavy (non-hydrogen) atoms. The lowest BCUT2D eigenvalue weighted by Crippen LogP contribution is -2.21. The number of rotatable bonds is 4. The van der Waals surface area contributed by atoms with Crippen LogP contribution < -0.4 is 5.32 Å². The average molecular weight is 518 g/mol.